The number of rotatable bonds is 13. The molecule has 0 fully saturated rings. The highest BCUT2D eigenvalue weighted by atomic mass is 32.1. The second kappa shape index (κ2) is 13.9. The minimum atomic E-state index is -0.0988. The Bertz CT molecular complexity index is 1440. The van der Waals surface area contributed by atoms with E-state index < -0.39 is 0 Å². The van der Waals surface area contributed by atoms with E-state index in [0.29, 0.717) is 23.4 Å². The van der Waals surface area contributed by atoms with E-state index in [-0.39, 0.29) is 11.3 Å². The monoisotopic (exact) mass is 573 g/mol. The fourth-order valence-corrected chi connectivity index (χ4v) is 5.62. The highest BCUT2D eigenvalue weighted by molar-refractivity contribution is 7.13. The molecule has 9 heteroatoms. The van der Waals surface area contributed by atoms with Crippen LogP contribution in [0.15, 0.2) is 49.1 Å². The molecule has 0 saturated heterocycles. The van der Waals surface area contributed by atoms with Crippen molar-refractivity contribution in [1.29, 1.82) is 0 Å². The van der Waals surface area contributed by atoms with Crippen molar-refractivity contribution in [3.63, 3.8) is 0 Å². The van der Waals surface area contributed by atoms with Gasteiger partial charge in [0.1, 0.15) is 4.88 Å². The van der Waals surface area contributed by atoms with E-state index in [1.807, 2.05) is 24.4 Å². The van der Waals surface area contributed by atoms with Crippen molar-refractivity contribution in [2.24, 2.45) is 0 Å². The summed E-state index contributed by atoms with van der Waals surface area (Å²) in [5.41, 5.74) is 4.78. The van der Waals surface area contributed by atoms with Crippen LogP contribution in [0.2, 0.25) is 0 Å². The molecule has 1 unspecified atom stereocenters. The number of benzene rings is 1. The summed E-state index contributed by atoms with van der Waals surface area (Å²) >= 11 is 1.45. The van der Waals surface area contributed by atoms with Gasteiger partial charge in [-0.3, -0.25) is 9.48 Å². The lowest BCUT2D eigenvalue weighted by atomic mass is 9.98. The van der Waals surface area contributed by atoms with Gasteiger partial charge in [-0.1, -0.05) is 72.4 Å². The van der Waals surface area contributed by atoms with Gasteiger partial charge in [-0.05, 0) is 43.0 Å². The highest BCUT2D eigenvalue weighted by Gasteiger charge is 2.20. The van der Waals surface area contributed by atoms with Crippen LogP contribution in [0.5, 0.6) is 0 Å². The molecule has 8 nitrogen and oxygen atoms in total. The van der Waals surface area contributed by atoms with Crippen LogP contribution in [0.4, 0.5) is 11.6 Å². The molecule has 1 aromatic carbocycles. The lowest BCUT2D eigenvalue weighted by Gasteiger charge is -2.16. The Morgan fingerprint density at radius 2 is 1.88 bits per heavy atom. The molecule has 41 heavy (non-hydrogen) atoms. The van der Waals surface area contributed by atoms with Crippen LogP contribution in [-0.2, 0) is 12.0 Å². The number of hydrogen-bond donors (Lipinski definition) is 2. The van der Waals surface area contributed by atoms with Crippen molar-refractivity contribution in [2.45, 2.75) is 98.1 Å². The molecule has 1 amide bonds. The summed E-state index contributed by atoms with van der Waals surface area (Å²) in [6.07, 6.45) is 14.5. The van der Waals surface area contributed by atoms with Crippen molar-refractivity contribution in [3.8, 4) is 11.3 Å². The van der Waals surface area contributed by atoms with Gasteiger partial charge in [-0.25, -0.2) is 15.0 Å². The first kappa shape index (κ1) is 30.4. The van der Waals surface area contributed by atoms with E-state index in [1.54, 1.807) is 12.4 Å². The third-order valence-electron chi connectivity index (χ3n) is 7.10. The van der Waals surface area contributed by atoms with E-state index in [4.69, 9.17) is 4.98 Å². The number of aromatic nitrogens is 5. The van der Waals surface area contributed by atoms with Gasteiger partial charge in [0.15, 0.2) is 0 Å². The Morgan fingerprint density at radius 3 is 2.59 bits per heavy atom. The molecule has 0 saturated carbocycles. The summed E-state index contributed by atoms with van der Waals surface area (Å²) in [5, 5.41) is 12.0. The van der Waals surface area contributed by atoms with Gasteiger partial charge in [0.05, 0.1) is 34.8 Å². The van der Waals surface area contributed by atoms with Gasteiger partial charge in [0, 0.05) is 29.9 Å². The summed E-state index contributed by atoms with van der Waals surface area (Å²) in [6.45, 7) is 13.3. The summed E-state index contributed by atoms with van der Waals surface area (Å²) in [4.78, 5) is 27.0. The molecular formula is C32H43N7OS. The minimum Gasteiger partial charge on any atom is -0.347 e. The van der Waals surface area contributed by atoms with Gasteiger partial charge >= 0.3 is 0 Å². The molecule has 4 rings (SSSR count). The topological polar surface area (TPSA) is 97.6 Å². The zero-order chi connectivity index (χ0) is 29.4. The van der Waals surface area contributed by atoms with Crippen molar-refractivity contribution in [2.75, 3.05) is 5.32 Å². The van der Waals surface area contributed by atoms with Gasteiger partial charge in [0.25, 0.3) is 5.91 Å². The molecule has 2 N–H and O–H groups in total. The van der Waals surface area contributed by atoms with E-state index in [9.17, 15) is 4.79 Å². The molecule has 0 bridgehead atoms. The van der Waals surface area contributed by atoms with Crippen molar-refractivity contribution in [3.05, 3.63) is 70.1 Å². The number of thiazole rings is 1. The fourth-order valence-electron chi connectivity index (χ4n) is 4.73. The Morgan fingerprint density at radius 1 is 1.05 bits per heavy atom. The Hall–Kier alpha value is -3.59. The molecule has 0 aliphatic rings. The number of aryl methyl sites for hydroxylation is 1. The number of carbonyl (C=O) groups is 1. The number of amides is 1. The molecule has 3 heterocycles. The largest absolute Gasteiger partial charge is 0.347 e. The molecule has 218 valence electrons. The van der Waals surface area contributed by atoms with Crippen LogP contribution in [0.25, 0.3) is 11.3 Å². The van der Waals surface area contributed by atoms with Crippen molar-refractivity contribution < 1.29 is 4.79 Å². The van der Waals surface area contributed by atoms with E-state index >= 15 is 0 Å². The van der Waals surface area contributed by atoms with Gasteiger partial charge in [0.2, 0.25) is 5.95 Å². The number of nitrogens with one attached hydrogen (secondary N) is 2. The molecule has 0 radical (unpaired) electrons. The maximum absolute atomic E-state index is 12.7. The fraction of sp³-hybridized carbons (Fsp3) is 0.469. The number of nitrogens with zero attached hydrogens (tertiary/aromatic N) is 5. The SMILES string of the molecule is CCCCCC(CCC)n1cc(Nc2nccc(-c3ccc(CNC(=O)c4cnc(C(C)(C)C)s4)c(C)c3)n2)cn1. The second-order valence-electron chi connectivity index (χ2n) is 11.6. The normalized spacial score (nSPS) is 12.3. The maximum Gasteiger partial charge on any atom is 0.263 e. The van der Waals surface area contributed by atoms with E-state index in [1.165, 1.54) is 30.6 Å². The molecule has 0 aliphatic carbocycles. The molecular weight excluding hydrogens is 530 g/mol. The van der Waals surface area contributed by atoms with E-state index in [2.05, 4.69) is 84.2 Å². The lowest BCUT2D eigenvalue weighted by Crippen LogP contribution is -2.22. The summed E-state index contributed by atoms with van der Waals surface area (Å²) < 4.78 is 2.09. The first-order valence-electron chi connectivity index (χ1n) is 14.7. The Balaban J connectivity index is 1.39. The zero-order valence-corrected chi connectivity index (χ0v) is 26.0. The van der Waals surface area contributed by atoms with Crippen LogP contribution in [0.3, 0.4) is 0 Å². The number of anilines is 2. The second-order valence-corrected chi connectivity index (χ2v) is 12.7. The van der Waals surface area contributed by atoms with Gasteiger partial charge in [-0.2, -0.15) is 5.10 Å². The smallest absolute Gasteiger partial charge is 0.263 e. The van der Waals surface area contributed by atoms with E-state index in [0.717, 1.165) is 52.3 Å². The average molecular weight is 574 g/mol. The number of carbonyl (C=O) groups excluding carboxylic acids is 1. The average Bonchev–Trinajstić information content (AvgIpc) is 3.63. The van der Waals surface area contributed by atoms with Crippen molar-refractivity contribution in [1.82, 2.24) is 30.0 Å². The quantitative estimate of drug-likeness (QED) is 0.157. The number of hydrogen-bond acceptors (Lipinski definition) is 7. The maximum atomic E-state index is 12.7. The highest BCUT2D eigenvalue weighted by Crippen LogP contribution is 2.27. The zero-order valence-electron chi connectivity index (χ0n) is 25.2. The summed E-state index contributed by atoms with van der Waals surface area (Å²) in [5.74, 6) is 0.437. The van der Waals surface area contributed by atoms with Gasteiger partial charge in [-0.15, -0.1) is 11.3 Å². The van der Waals surface area contributed by atoms with Crippen LogP contribution >= 0.6 is 11.3 Å². The van der Waals surface area contributed by atoms with Crippen LogP contribution in [0.1, 0.15) is 105 Å². The number of unbranched alkanes of at least 4 members (excludes halogenated alkanes) is 2. The minimum absolute atomic E-state index is 0.0699. The van der Waals surface area contributed by atoms with Crippen LogP contribution in [-0.4, -0.2) is 30.6 Å². The Kier molecular flexibility index (Phi) is 10.3. The predicted molar refractivity (Wildman–Crippen MR) is 168 cm³/mol. The Labute approximate surface area is 248 Å². The predicted octanol–water partition coefficient (Wildman–Crippen LogP) is 8.00. The third-order valence-corrected chi connectivity index (χ3v) is 8.52. The van der Waals surface area contributed by atoms with Crippen LogP contribution < -0.4 is 10.6 Å². The summed E-state index contributed by atoms with van der Waals surface area (Å²) in [7, 11) is 0. The van der Waals surface area contributed by atoms with Crippen LogP contribution in [0, 0.1) is 6.92 Å². The molecule has 0 aliphatic heterocycles. The first-order valence-corrected chi connectivity index (χ1v) is 15.5. The third kappa shape index (κ3) is 8.22. The van der Waals surface area contributed by atoms with Gasteiger partial charge < -0.3 is 10.6 Å². The summed E-state index contributed by atoms with van der Waals surface area (Å²) in [6, 6.07) is 8.51. The molecule has 4 aromatic rings. The standard InChI is InChI=1S/C32H43N7OS/c1-7-9-10-12-26(11-8-2)39-21-25(19-36-39)37-31-33-16-15-27(38-31)23-13-14-24(22(3)17-23)18-34-29(40)28-20-35-30(41-28)32(4,5)6/h13-17,19-21,26H,7-12,18H2,1-6H3,(H,34,40)(H,33,37,38). The lowest BCUT2D eigenvalue weighted by molar-refractivity contribution is 0.0954. The molecule has 0 spiro atoms. The molecule has 1 atom stereocenters. The van der Waals surface area contributed by atoms with Crippen molar-refractivity contribution >= 4 is 28.9 Å². The molecule has 3 aromatic heterocycles. The first-order chi connectivity index (χ1) is 19.7.